The summed E-state index contributed by atoms with van der Waals surface area (Å²) in [5, 5.41) is 48.3. The van der Waals surface area contributed by atoms with Crippen molar-refractivity contribution in [3.05, 3.63) is 35.9 Å². The van der Waals surface area contributed by atoms with Crippen molar-refractivity contribution in [2.75, 3.05) is 31.6 Å². The molecule has 1 saturated heterocycles. The van der Waals surface area contributed by atoms with Gasteiger partial charge in [-0.3, -0.25) is 33.7 Å². The third kappa shape index (κ3) is 13.6. The minimum Gasteiger partial charge on any atom is -0.479 e. The van der Waals surface area contributed by atoms with Crippen molar-refractivity contribution >= 4 is 47.2 Å². The molecule has 1 fully saturated rings. The molecule has 0 radical (unpaired) electrons. The second-order valence-electron chi connectivity index (χ2n) is 15.3. The summed E-state index contributed by atoms with van der Waals surface area (Å²) < 4.78 is 22.3. The molecule has 2 heterocycles. The van der Waals surface area contributed by atoms with Gasteiger partial charge in [0.25, 0.3) is 11.8 Å². The van der Waals surface area contributed by atoms with Crippen LogP contribution in [0.4, 0.5) is 5.69 Å². The number of esters is 1. The Balaban J connectivity index is 1.52. The van der Waals surface area contributed by atoms with E-state index in [9.17, 15) is 54.0 Å². The van der Waals surface area contributed by atoms with Gasteiger partial charge in [-0.15, -0.1) is 0 Å². The molecule has 7 N–H and O–H groups in total. The summed E-state index contributed by atoms with van der Waals surface area (Å²) in [7, 11) is 0. The van der Waals surface area contributed by atoms with E-state index >= 15 is 0 Å². The Morgan fingerprint density at radius 2 is 1.57 bits per heavy atom. The highest BCUT2D eigenvalue weighted by Crippen LogP contribution is 2.31. The highest BCUT2D eigenvalue weighted by atomic mass is 16.7. The van der Waals surface area contributed by atoms with Crippen LogP contribution in [0.1, 0.15) is 79.2 Å². The van der Waals surface area contributed by atoms with Crippen LogP contribution >= 0.6 is 0 Å². The Kier molecular flexibility index (Phi) is 17.3. The molecular weight excluding hydrogens is 764 g/mol. The molecule has 2 aliphatic heterocycles. The molecule has 5 amide bonds. The zero-order chi connectivity index (χ0) is 43.4. The number of amides is 5. The first kappa shape index (κ1) is 47.4. The van der Waals surface area contributed by atoms with Crippen LogP contribution in [-0.4, -0.2) is 129 Å². The summed E-state index contributed by atoms with van der Waals surface area (Å²) in [6, 6.07) is 4.27. The lowest BCUT2D eigenvalue weighted by molar-refractivity contribution is -0.271. The van der Waals surface area contributed by atoms with Gasteiger partial charge >= 0.3 is 11.9 Å². The van der Waals surface area contributed by atoms with Crippen LogP contribution in [-0.2, 0) is 54.4 Å². The fourth-order valence-corrected chi connectivity index (χ4v) is 5.64. The summed E-state index contributed by atoms with van der Waals surface area (Å²) in [6.45, 7) is 10.9. The van der Waals surface area contributed by atoms with Gasteiger partial charge in [0.1, 0.15) is 30.7 Å². The molecule has 19 nitrogen and oxygen atoms in total. The number of hydrogen-bond acceptors (Lipinski definition) is 14. The molecular formula is C39H56N4O15. The first-order valence-electron chi connectivity index (χ1n) is 19.1. The number of carboxylic acid groups (broad SMARTS) is 1. The van der Waals surface area contributed by atoms with Crippen molar-refractivity contribution in [2.24, 2.45) is 11.3 Å². The molecule has 1 unspecified atom stereocenters. The van der Waals surface area contributed by atoms with E-state index in [2.05, 4.69) is 16.0 Å². The van der Waals surface area contributed by atoms with Gasteiger partial charge < -0.3 is 55.3 Å². The summed E-state index contributed by atoms with van der Waals surface area (Å²) >= 11 is 0. The predicted octanol–water partition coefficient (Wildman–Crippen LogP) is 0.525. The van der Waals surface area contributed by atoms with Crippen LogP contribution in [0.25, 0.3) is 0 Å². The molecule has 0 aromatic heterocycles. The number of imide groups is 1. The quantitative estimate of drug-likeness (QED) is 0.0621. The number of carbonyl (C=O) groups excluding carboxylic acids is 6. The number of nitrogens with zero attached hydrogens (tertiary/aromatic N) is 1. The smallest absolute Gasteiger partial charge is 0.335 e. The number of rotatable bonds is 22. The number of nitrogens with one attached hydrogen (secondary N) is 3. The number of aliphatic hydroxyl groups is 3. The summed E-state index contributed by atoms with van der Waals surface area (Å²) in [6.07, 6.45) is -5.91. The summed E-state index contributed by atoms with van der Waals surface area (Å²) in [5.41, 5.74) is -1.06. The predicted molar refractivity (Wildman–Crippen MR) is 203 cm³/mol. The summed E-state index contributed by atoms with van der Waals surface area (Å²) in [4.78, 5) is 86.5. The number of carboxylic acids is 1. The van der Waals surface area contributed by atoms with Crippen LogP contribution in [0.3, 0.4) is 0 Å². The van der Waals surface area contributed by atoms with E-state index < -0.39 is 77.3 Å². The van der Waals surface area contributed by atoms with Crippen molar-refractivity contribution in [2.45, 2.75) is 117 Å². The standard InChI is InChI=1S/C39H56N4O15/c1-7-39(6,14-17-40-26(44)13-18-43-28(46)10-11-29(43)47)56-19-15-38(4,5)37(54)41-16-12-27(45)42-24-20-23(21-55-35(53)22(2)3)8-9-25(24)57-36-32(50)30(48)31(49)33(58-36)34(51)52/h8-11,20,22,30-33,36,48-50H,7,12-19,21H2,1-6H3,(H,40,44)(H,41,54)(H,42,45)(H,51,52)/t30-,31-,32+,33-,36+,39?/m0/s1. The number of benzene rings is 1. The molecule has 6 atom stereocenters. The van der Waals surface area contributed by atoms with E-state index in [0.29, 0.717) is 31.4 Å². The molecule has 0 aliphatic carbocycles. The number of carbonyl (C=O) groups is 7. The lowest BCUT2D eigenvalue weighted by Crippen LogP contribution is -2.61. The van der Waals surface area contributed by atoms with E-state index in [4.69, 9.17) is 18.9 Å². The van der Waals surface area contributed by atoms with Crippen LogP contribution < -0.4 is 20.7 Å². The fraction of sp³-hybridized carbons (Fsp3) is 0.615. The van der Waals surface area contributed by atoms with E-state index in [0.717, 1.165) is 17.1 Å². The maximum absolute atomic E-state index is 13.1. The summed E-state index contributed by atoms with van der Waals surface area (Å²) in [5.74, 6) is -4.70. The highest BCUT2D eigenvalue weighted by Gasteiger charge is 2.48. The maximum Gasteiger partial charge on any atom is 0.335 e. The Morgan fingerprint density at radius 1 is 0.897 bits per heavy atom. The largest absolute Gasteiger partial charge is 0.479 e. The third-order valence-corrected chi connectivity index (χ3v) is 9.84. The van der Waals surface area contributed by atoms with Crippen LogP contribution in [0, 0.1) is 11.3 Å². The Hall–Kier alpha value is -4.95. The van der Waals surface area contributed by atoms with Gasteiger partial charge in [-0.1, -0.05) is 40.7 Å². The topological polar surface area (TPSA) is 277 Å². The van der Waals surface area contributed by atoms with Gasteiger partial charge in [-0.2, -0.15) is 0 Å². The zero-order valence-corrected chi connectivity index (χ0v) is 33.6. The van der Waals surface area contributed by atoms with Gasteiger partial charge in [0.2, 0.25) is 24.0 Å². The lowest BCUT2D eigenvalue weighted by Gasteiger charge is -2.38. The molecule has 1 aromatic rings. The van der Waals surface area contributed by atoms with Crippen LogP contribution in [0.5, 0.6) is 5.75 Å². The second kappa shape index (κ2) is 21.2. The fourth-order valence-electron chi connectivity index (χ4n) is 5.64. The maximum atomic E-state index is 13.1. The first-order valence-corrected chi connectivity index (χ1v) is 19.1. The SMILES string of the molecule is CCC(C)(CCNC(=O)CCN1C(=O)C=CC1=O)OCCC(C)(C)C(=O)NCCC(=O)Nc1cc(COC(=O)C(C)C)ccc1O[C@@H]1O[C@H](C(=O)O)[C@@H](O)[C@H](O)[C@H]1O. The van der Waals surface area contributed by atoms with Crippen molar-refractivity contribution in [1.82, 2.24) is 15.5 Å². The molecule has 1 aromatic carbocycles. The lowest BCUT2D eigenvalue weighted by atomic mass is 9.88. The average molecular weight is 821 g/mol. The van der Waals surface area contributed by atoms with E-state index in [1.54, 1.807) is 27.7 Å². The third-order valence-electron chi connectivity index (χ3n) is 9.84. The molecule has 2 aliphatic rings. The molecule has 322 valence electrons. The molecule has 3 rings (SSSR count). The average Bonchev–Trinajstić information content (AvgIpc) is 3.49. The Morgan fingerprint density at radius 3 is 2.19 bits per heavy atom. The minimum absolute atomic E-state index is 0.0123. The zero-order valence-electron chi connectivity index (χ0n) is 33.6. The number of anilines is 1. The van der Waals surface area contributed by atoms with Gasteiger partial charge in [0.05, 0.1) is 17.2 Å². The van der Waals surface area contributed by atoms with Crippen LogP contribution in [0.15, 0.2) is 30.4 Å². The van der Waals surface area contributed by atoms with Crippen molar-refractivity contribution in [1.29, 1.82) is 0 Å². The monoisotopic (exact) mass is 820 g/mol. The van der Waals surface area contributed by atoms with Crippen LogP contribution in [0.2, 0.25) is 0 Å². The number of aliphatic hydroxyl groups excluding tert-OH is 3. The number of ether oxygens (including phenoxy) is 4. The molecule has 0 saturated carbocycles. The Bertz CT molecular complexity index is 1680. The van der Waals surface area contributed by atoms with E-state index in [1.165, 1.54) is 18.2 Å². The second-order valence-corrected chi connectivity index (χ2v) is 15.3. The van der Waals surface area contributed by atoms with Gasteiger partial charge in [-0.25, -0.2) is 4.79 Å². The van der Waals surface area contributed by atoms with Gasteiger partial charge in [-0.05, 0) is 43.9 Å². The molecule has 0 spiro atoms. The van der Waals surface area contributed by atoms with Crippen molar-refractivity contribution in [3.63, 3.8) is 0 Å². The normalized spacial score (nSPS) is 21.7. The van der Waals surface area contributed by atoms with Crippen molar-refractivity contribution in [3.8, 4) is 5.75 Å². The number of aliphatic carboxylic acids is 1. The van der Waals surface area contributed by atoms with Gasteiger partial charge in [0, 0.05) is 56.6 Å². The minimum atomic E-state index is -1.94. The van der Waals surface area contributed by atoms with E-state index in [1.807, 2.05) is 13.8 Å². The van der Waals surface area contributed by atoms with Crippen molar-refractivity contribution < 1.29 is 72.9 Å². The number of hydrogen-bond donors (Lipinski definition) is 7. The Labute approximate surface area is 336 Å². The molecule has 19 heteroatoms. The first-order chi connectivity index (χ1) is 27.2. The van der Waals surface area contributed by atoms with Gasteiger partial charge in [0.15, 0.2) is 6.10 Å². The molecule has 58 heavy (non-hydrogen) atoms. The molecule has 0 bridgehead atoms. The van der Waals surface area contributed by atoms with E-state index in [-0.39, 0.29) is 62.4 Å². The highest BCUT2D eigenvalue weighted by molar-refractivity contribution is 6.13.